The Kier molecular flexibility index (Phi) is 5.24. The topological polar surface area (TPSA) is 82.4 Å². The first-order valence-electron chi connectivity index (χ1n) is 7.14. The first-order valence-corrected chi connectivity index (χ1v) is 7.14. The van der Waals surface area contributed by atoms with Crippen molar-refractivity contribution in [3.8, 4) is 0 Å². The highest BCUT2D eigenvalue weighted by atomic mass is 16.5. The van der Waals surface area contributed by atoms with E-state index in [9.17, 15) is 4.79 Å². The molecular weight excluding hydrogens is 274 g/mol. The van der Waals surface area contributed by atoms with Crippen molar-refractivity contribution in [2.24, 2.45) is 0 Å². The standard InChI is InChI=1S/C13H23N5O3/c1-9(2)13-14-15-16-18(13)7-12(19)17-6-11(21-4)5-10(17)8-20-3/h9-11H,5-8H2,1-4H3/t10-,11+/m0/s1. The molecule has 0 bridgehead atoms. The van der Waals surface area contributed by atoms with Crippen molar-refractivity contribution in [3.05, 3.63) is 5.82 Å². The third-order valence-corrected chi connectivity index (χ3v) is 3.75. The van der Waals surface area contributed by atoms with Crippen LogP contribution in [0.25, 0.3) is 0 Å². The number of hydrogen-bond acceptors (Lipinski definition) is 6. The van der Waals surface area contributed by atoms with Crippen LogP contribution in [0.1, 0.15) is 32.0 Å². The van der Waals surface area contributed by atoms with Crippen molar-refractivity contribution in [2.75, 3.05) is 27.4 Å². The summed E-state index contributed by atoms with van der Waals surface area (Å²) in [6, 6.07) is 0.0476. The zero-order chi connectivity index (χ0) is 15.4. The Labute approximate surface area is 124 Å². The van der Waals surface area contributed by atoms with E-state index in [1.807, 2.05) is 18.7 Å². The fourth-order valence-corrected chi connectivity index (χ4v) is 2.66. The number of nitrogens with zero attached hydrogens (tertiary/aromatic N) is 5. The SMILES string of the molecule is COC[C@@H]1C[C@@H](OC)CN1C(=O)Cn1nnnc1C(C)C. The first kappa shape index (κ1) is 15.8. The highest BCUT2D eigenvalue weighted by Gasteiger charge is 2.35. The number of rotatable bonds is 6. The van der Waals surface area contributed by atoms with Gasteiger partial charge in [-0.3, -0.25) is 4.79 Å². The maximum atomic E-state index is 12.5. The maximum absolute atomic E-state index is 12.5. The lowest BCUT2D eigenvalue weighted by Crippen LogP contribution is -2.40. The third kappa shape index (κ3) is 3.56. The Balaban J connectivity index is 2.06. The Morgan fingerprint density at radius 3 is 2.81 bits per heavy atom. The molecule has 0 aliphatic carbocycles. The van der Waals surface area contributed by atoms with E-state index in [0.717, 1.165) is 6.42 Å². The van der Waals surface area contributed by atoms with Gasteiger partial charge in [-0.15, -0.1) is 5.10 Å². The average molecular weight is 297 g/mol. The summed E-state index contributed by atoms with van der Waals surface area (Å²) in [6.45, 7) is 5.24. The van der Waals surface area contributed by atoms with Crippen molar-refractivity contribution < 1.29 is 14.3 Å². The Morgan fingerprint density at radius 2 is 2.19 bits per heavy atom. The number of aromatic nitrogens is 4. The molecule has 2 rings (SSSR count). The van der Waals surface area contributed by atoms with Crippen molar-refractivity contribution >= 4 is 5.91 Å². The van der Waals surface area contributed by atoms with Crippen LogP contribution in [0.3, 0.4) is 0 Å². The fraction of sp³-hybridized carbons (Fsp3) is 0.846. The minimum Gasteiger partial charge on any atom is -0.383 e. The summed E-state index contributed by atoms with van der Waals surface area (Å²) in [5, 5.41) is 11.5. The highest BCUT2D eigenvalue weighted by molar-refractivity contribution is 5.76. The number of ether oxygens (including phenoxy) is 2. The van der Waals surface area contributed by atoms with Crippen LogP contribution in [0.15, 0.2) is 0 Å². The zero-order valence-electron chi connectivity index (χ0n) is 13.0. The van der Waals surface area contributed by atoms with Gasteiger partial charge in [-0.1, -0.05) is 13.8 Å². The van der Waals surface area contributed by atoms with E-state index in [1.165, 1.54) is 0 Å². The largest absolute Gasteiger partial charge is 0.383 e. The van der Waals surface area contributed by atoms with E-state index in [2.05, 4.69) is 15.5 Å². The molecule has 1 fully saturated rings. The quantitative estimate of drug-likeness (QED) is 0.738. The van der Waals surface area contributed by atoms with Crippen LogP contribution >= 0.6 is 0 Å². The number of hydrogen-bond donors (Lipinski definition) is 0. The molecule has 2 heterocycles. The molecule has 1 aliphatic rings. The Bertz CT molecular complexity index is 476. The normalized spacial score (nSPS) is 22.2. The third-order valence-electron chi connectivity index (χ3n) is 3.75. The zero-order valence-corrected chi connectivity index (χ0v) is 13.0. The molecule has 0 radical (unpaired) electrons. The molecule has 0 spiro atoms. The van der Waals surface area contributed by atoms with Crippen molar-refractivity contribution in [1.82, 2.24) is 25.1 Å². The van der Waals surface area contributed by atoms with Crippen molar-refractivity contribution in [2.45, 2.75) is 44.9 Å². The molecule has 2 atom stereocenters. The molecule has 118 valence electrons. The Hall–Kier alpha value is -1.54. The summed E-state index contributed by atoms with van der Waals surface area (Å²) in [5.41, 5.74) is 0. The molecule has 0 saturated carbocycles. The lowest BCUT2D eigenvalue weighted by molar-refractivity contribution is -0.134. The summed E-state index contributed by atoms with van der Waals surface area (Å²) < 4.78 is 12.1. The van der Waals surface area contributed by atoms with Crippen LogP contribution in [0.5, 0.6) is 0 Å². The second-order valence-electron chi connectivity index (χ2n) is 5.60. The summed E-state index contributed by atoms with van der Waals surface area (Å²) in [6.07, 6.45) is 0.857. The van der Waals surface area contributed by atoms with Crippen LogP contribution in [0.4, 0.5) is 0 Å². The smallest absolute Gasteiger partial charge is 0.244 e. The van der Waals surface area contributed by atoms with Gasteiger partial charge in [-0.2, -0.15) is 0 Å². The van der Waals surface area contributed by atoms with E-state index in [1.54, 1.807) is 18.9 Å². The summed E-state index contributed by atoms with van der Waals surface area (Å²) >= 11 is 0. The minimum atomic E-state index is -0.00852. The van der Waals surface area contributed by atoms with Crippen LogP contribution in [0, 0.1) is 0 Å². The first-order chi connectivity index (χ1) is 10.1. The second-order valence-corrected chi connectivity index (χ2v) is 5.60. The average Bonchev–Trinajstić information content (AvgIpc) is 3.05. The maximum Gasteiger partial charge on any atom is 0.244 e. The van der Waals surface area contributed by atoms with Gasteiger partial charge in [0.25, 0.3) is 0 Å². The minimum absolute atomic E-state index is 0.00852. The fourth-order valence-electron chi connectivity index (χ4n) is 2.66. The predicted octanol–water partition coefficient (Wildman–Crippen LogP) is 0.0588. The molecule has 1 aromatic heterocycles. The lowest BCUT2D eigenvalue weighted by Gasteiger charge is -2.24. The highest BCUT2D eigenvalue weighted by Crippen LogP contribution is 2.21. The number of likely N-dealkylation sites (tertiary alicyclic amines) is 1. The number of carbonyl (C=O) groups excluding carboxylic acids is 1. The van der Waals surface area contributed by atoms with Gasteiger partial charge < -0.3 is 14.4 Å². The number of amides is 1. The molecule has 0 unspecified atom stereocenters. The van der Waals surface area contributed by atoms with Gasteiger partial charge in [0.2, 0.25) is 5.91 Å². The molecule has 1 aliphatic heterocycles. The van der Waals surface area contributed by atoms with Gasteiger partial charge in [-0.25, -0.2) is 4.68 Å². The van der Waals surface area contributed by atoms with Gasteiger partial charge in [0, 0.05) is 26.7 Å². The van der Waals surface area contributed by atoms with Gasteiger partial charge >= 0.3 is 0 Å². The van der Waals surface area contributed by atoms with Crippen molar-refractivity contribution in [3.63, 3.8) is 0 Å². The number of tetrazole rings is 1. The van der Waals surface area contributed by atoms with E-state index < -0.39 is 0 Å². The lowest BCUT2D eigenvalue weighted by atomic mass is 10.2. The molecule has 8 nitrogen and oxygen atoms in total. The van der Waals surface area contributed by atoms with Crippen molar-refractivity contribution in [1.29, 1.82) is 0 Å². The van der Waals surface area contributed by atoms with E-state index in [-0.39, 0.29) is 30.5 Å². The van der Waals surface area contributed by atoms with E-state index in [0.29, 0.717) is 19.0 Å². The molecule has 0 N–H and O–H groups in total. The second kappa shape index (κ2) is 6.95. The van der Waals surface area contributed by atoms with Gasteiger partial charge in [0.15, 0.2) is 5.82 Å². The molecule has 21 heavy (non-hydrogen) atoms. The number of carbonyl (C=O) groups is 1. The van der Waals surface area contributed by atoms with Crippen LogP contribution in [-0.4, -0.2) is 70.5 Å². The summed E-state index contributed by atoms with van der Waals surface area (Å²) in [4.78, 5) is 14.3. The Morgan fingerprint density at radius 1 is 1.43 bits per heavy atom. The van der Waals surface area contributed by atoms with E-state index in [4.69, 9.17) is 9.47 Å². The molecule has 1 saturated heterocycles. The van der Waals surface area contributed by atoms with Gasteiger partial charge in [0.05, 0.1) is 18.8 Å². The van der Waals surface area contributed by atoms with Crippen LogP contribution in [-0.2, 0) is 20.8 Å². The van der Waals surface area contributed by atoms with Crippen LogP contribution < -0.4 is 0 Å². The van der Waals surface area contributed by atoms with Crippen LogP contribution in [0.2, 0.25) is 0 Å². The van der Waals surface area contributed by atoms with E-state index >= 15 is 0 Å². The van der Waals surface area contributed by atoms with Gasteiger partial charge in [0.1, 0.15) is 6.54 Å². The summed E-state index contributed by atoms with van der Waals surface area (Å²) in [7, 11) is 3.31. The molecular formula is C13H23N5O3. The molecule has 0 aromatic carbocycles. The molecule has 1 aromatic rings. The monoisotopic (exact) mass is 297 g/mol. The predicted molar refractivity (Wildman–Crippen MR) is 74.7 cm³/mol. The van der Waals surface area contributed by atoms with Gasteiger partial charge in [-0.05, 0) is 16.8 Å². The molecule has 1 amide bonds. The number of methoxy groups -OCH3 is 2. The summed E-state index contributed by atoms with van der Waals surface area (Å²) in [5.74, 6) is 0.882. The molecule has 8 heteroatoms.